The highest BCUT2D eigenvalue weighted by atomic mass is 32.1. The van der Waals surface area contributed by atoms with Gasteiger partial charge < -0.3 is 55.0 Å². The maximum absolute atomic E-state index is 14.1. The van der Waals surface area contributed by atoms with E-state index in [-0.39, 0.29) is 74.5 Å². The first kappa shape index (κ1) is 55.9. The number of rotatable bonds is 21. The van der Waals surface area contributed by atoms with Gasteiger partial charge in [0.25, 0.3) is 11.5 Å². The number of piperidine rings is 1. The molecule has 4 aromatic heterocycles. The molecule has 2 saturated heterocycles. The standard InChI is InChI=1S/C54H69N13O9S/c1-32-26-56-53(61-49(32)59-39-13-14-42-38(23-39)24-44(51(72)64(42)8)76-30-45(69)55-7)65-17-15-36(16-18-65)41-28-66(63-62-41)19-20-74-21-22-75-29-46(70)60-48(54(4,5)6)52(73)67-27-40(68)25-43(67)50(71)58-33(2)35-9-11-37(12-10-35)47-34(3)57-31-77-47/h9-14,23-24,26,28,31,33,36,40,43,48,68H,15-22,25,27,29-30H2,1-8H3,(H,55,69)(H,58,71)(H,60,70)(H,56,59,61)/t33-,40+,43-,48+/m0/s1. The summed E-state index contributed by atoms with van der Waals surface area (Å²) in [5.74, 6) is -0.101. The van der Waals surface area contributed by atoms with E-state index in [1.54, 1.807) is 35.3 Å². The molecule has 2 aliphatic rings. The zero-order valence-corrected chi connectivity index (χ0v) is 45.7. The second-order valence-corrected chi connectivity index (χ2v) is 21.5. The number of anilines is 3. The predicted molar refractivity (Wildman–Crippen MR) is 291 cm³/mol. The number of nitrogens with one attached hydrogen (secondary N) is 4. The van der Waals surface area contributed by atoms with E-state index in [1.807, 2.05) is 95.7 Å². The Morgan fingerprint density at radius 2 is 1.69 bits per heavy atom. The van der Waals surface area contributed by atoms with Gasteiger partial charge >= 0.3 is 0 Å². The summed E-state index contributed by atoms with van der Waals surface area (Å²) in [6, 6.07) is 12.9. The highest BCUT2D eigenvalue weighted by Gasteiger charge is 2.45. The molecule has 2 fully saturated rings. The molecule has 0 saturated carbocycles. The number of hydrogen-bond donors (Lipinski definition) is 5. The van der Waals surface area contributed by atoms with Crippen LogP contribution >= 0.6 is 11.3 Å². The van der Waals surface area contributed by atoms with Gasteiger partial charge in [0.2, 0.25) is 23.7 Å². The van der Waals surface area contributed by atoms with Crippen LogP contribution in [0.2, 0.25) is 0 Å². The van der Waals surface area contributed by atoms with Gasteiger partial charge in [-0.2, -0.15) is 4.98 Å². The number of aryl methyl sites for hydroxylation is 3. The number of nitrogens with zero attached hydrogens (tertiary/aromatic N) is 9. The van der Waals surface area contributed by atoms with Crippen LogP contribution in [-0.2, 0) is 42.2 Å². The molecule has 8 rings (SSSR count). The third-order valence-electron chi connectivity index (χ3n) is 13.9. The summed E-state index contributed by atoms with van der Waals surface area (Å²) < 4.78 is 20.2. The number of β-amino-alcohol motifs (C(OH)–C–C–N with tert-alkyl or cyclic N) is 1. The van der Waals surface area contributed by atoms with Crippen molar-refractivity contribution in [3.63, 3.8) is 0 Å². The first-order valence-corrected chi connectivity index (χ1v) is 26.7. The number of hydrogen-bond acceptors (Lipinski definition) is 17. The molecule has 6 aromatic rings. The van der Waals surface area contributed by atoms with Crippen LogP contribution in [0.1, 0.15) is 81.4 Å². The SMILES string of the molecule is CNC(=O)COc1cc2cc(Nc3nc(N4CCC(c5cn(CCOCCOCC(=O)N[C@H](C(=O)N6C[C@H](O)C[C@H]6C(=O)N[C@@H](C)c6ccc(-c7scnc7C)cc6)C(C)(C)C)nn5)CC4)ncc3C)ccc2n(C)c1=O. The molecule has 4 atom stereocenters. The van der Waals surface area contributed by atoms with Crippen molar-refractivity contribution in [2.75, 3.05) is 69.9 Å². The molecule has 4 amide bonds. The Balaban J connectivity index is 0.745. The maximum atomic E-state index is 14.1. The molecule has 22 nitrogen and oxygen atoms in total. The largest absolute Gasteiger partial charge is 0.478 e. The van der Waals surface area contributed by atoms with Crippen molar-refractivity contribution < 1.29 is 38.5 Å². The number of thiazole rings is 1. The van der Waals surface area contributed by atoms with E-state index in [2.05, 4.69) is 46.4 Å². The highest BCUT2D eigenvalue weighted by Crippen LogP contribution is 2.32. The molecule has 23 heteroatoms. The normalized spacial score (nSPS) is 16.8. The second kappa shape index (κ2) is 24.8. The fourth-order valence-corrected chi connectivity index (χ4v) is 10.3. The van der Waals surface area contributed by atoms with Crippen LogP contribution in [0.25, 0.3) is 21.3 Å². The number of aliphatic hydroxyl groups is 1. The van der Waals surface area contributed by atoms with Crippen molar-refractivity contribution in [3.8, 4) is 16.2 Å². The Morgan fingerprint density at radius 1 is 0.935 bits per heavy atom. The molecule has 5 N–H and O–H groups in total. The minimum absolute atomic E-state index is 0.0305. The summed E-state index contributed by atoms with van der Waals surface area (Å²) in [5, 5.41) is 32.0. The molecule has 2 aromatic carbocycles. The van der Waals surface area contributed by atoms with Crippen molar-refractivity contribution in [3.05, 3.63) is 99.3 Å². The number of likely N-dealkylation sites (N-methyl/N-ethyl adjacent to an activating group) is 1. The molecular weight excluding hydrogens is 1010 g/mol. The van der Waals surface area contributed by atoms with Crippen LogP contribution in [0.4, 0.5) is 17.5 Å². The number of carbonyl (C=O) groups is 4. The summed E-state index contributed by atoms with van der Waals surface area (Å²) in [6.07, 6.45) is 4.61. The molecular formula is C54H69N13O9S. The number of pyridine rings is 1. The topological polar surface area (TPSA) is 262 Å². The van der Waals surface area contributed by atoms with Crippen LogP contribution in [0.15, 0.2) is 71.2 Å². The van der Waals surface area contributed by atoms with Crippen molar-refractivity contribution >= 4 is 63.3 Å². The lowest BCUT2D eigenvalue weighted by atomic mass is 9.85. The Kier molecular flexibility index (Phi) is 18.0. The molecule has 0 bridgehead atoms. The van der Waals surface area contributed by atoms with Gasteiger partial charge in [0.15, 0.2) is 12.4 Å². The number of likely N-dealkylation sites (tertiary alicyclic amines) is 1. The van der Waals surface area contributed by atoms with Gasteiger partial charge in [-0.25, -0.2) is 14.6 Å². The van der Waals surface area contributed by atoms with E-state index in [0.29, 0.717) is 30.4 Å². The number of ether oxygens (including phenoxy) is 3. The van der Waals surface area contributed by atoms with Gasteiger partial charge in [0, 0.05) is 75.1 Å². The first-order valence-electron chi connectivity index (χ1n) is 25.8. The van der Waals surface area contributed by atoms with Gasteiger partial charge in [-0.3, -0.25) is 24.0 Å². The molecule has 77 heavy (non-hydrogen) atoms. The minimum atomic E-state index is -0.986. The monoisotopic (exact) mass is 1080 g/mol. The smallest absolute Gasteiger partial charge is 0.293 e. The summed E-state index contributed by atoms with van der Waals surface area (Å²) >= 11 is 1.57. The molecule has 0 unspecified atom stereocenters. The Labute approximate surface area is 450 Å². The number of aliphatic hydroxyl groups excluding tert-OH is 1. The van der Waals surface area contributed by atoms with Crippen molar-refractivity contribution in [1.82, 2.24) is 55.4 Å². The second-order valence-electron chi connectivity index (χ2n) is 20.6. The van der Waals surface area contributed by atoms with Gasteiger partial charge in [-0.05, 0) is 74.4 Å². The number of aromatic nitrogens is 7. The minimum Gasteiger partial charge on any atom is -0.478 e. The van der Waals surface area contributed by atoms with E-state index >= 15 is 0 Å². The lowest BCUT2D eigenvalue weighted by molar-refractivity contribution is -0.144. The highest BCUT2D eigenvalue weighted by molar-refractivity contribution is 7.13. The Morgan fingerprint density at radius 3 is 2.40 bits per heavy atom. The summed E-state index contributed by atoms with van der Waals surface area (Å²) in [4.78, 5) is 84.1. The van der Waals surface area contributed by atoms with Crippen molar-refractivity contribution in [2.24, 2.45) is 12.5 Å². The zero-order valence-electron chi connectivity index (χ0n) is 44.9. The van der Waals surface area contributed by atoms with Gasteiger partial charge in [-0.15, -0.1) is 16.4 Å². The summed E-state index contributed by atoms with van der Waals surface area (Å²) in [7, 11) is 3.17. The van der Waals surface area contributed by atoms with Crippen LogP contribution in [-0.4, -0.2) is 146 Å². The quantitative estimate of drug-likeness (QED) is 0.0629. The molecule has 2 aliphatic heterocycles. The fraction of sp³-hybridized carbons (Fsp3) is 0.481. The van der Waals surface area contributed by atoms with E-state index in [0.717, 1.165) is 70.0 Å². The van der Waals surface area contributed by atoms with Gasteiger partial charge in [0.1, 0.15) is 24.5 Å². The van der Waals surface area contributed by atoms with Gasteiger partial charge in [0.05, 0.1) is 65.8 Å². The van der Waals surface area contributed by atoms with Crippen LogP contribution in [0, 0.1) is 19.3 Å². The lowest BCUT2D eigenvalue weighted by Gasteiger charge is -2.35. The van der Waals surface area contributed by atoms with Crippen LogP contribution < -0.4 is 36.5 Å². The molecule has 0 aliphatic carbocycles. The summed E-state index contributed by atoms with van der Waals surface area (Å²) in [6.45, 7) is 13.3. The maximum Gasteiger partial charge on any atom is 0.293 e. The third-order valence-corrected chi connectivity index (χ3v) is 14.9. The van der Waals surface area contributed by atoms with E-state index in [9.17, 15) is 29.1 Å². The predicted octanol–water partition coefficient (Wildman–Crippen LogP) is 4.32. The lowest BCUT2D eigenvalue weighted by Crippen LogP contribution is -2.58. The van der Waals surface area contributed by atoms with Crippen LogP contribution in [0.5, 0.6) is 5.75 Å². The van der Waals surface area contributed by atoms with Crippen LogP contribution in [0.3, 0.4) is 0 Å². The third kappa shape index (κ3) is 13.8. The number of fused-ring (bicyclic) bond motifs is 1. The zero-order chi connectivity index (χ0) is 55.0. The van der Waals surface area contributed by atoms with E-state index in [4.69, 9.17) is 19.2 Å². The Bertz CT molecular complexity index is 3110. The van der Waals surface area contributed by atoms with Gasteiger partial charge in [-0.1, -0.05) is 50.3 Å². The van der Waals surface area contributed by atoms with E-state index in [1.165, 1.54) is 16.5 Å². The van der Waals surface area contributed by atoms with E-state index < -0.39 is 35.4 Å². The average Bonchev–Trinajstić information content (AvgIpc) is 4.18. The fourth-order valence-electron chi connectivity index (χ4n) is 9.44. The molecule has 0 spiro atoms. The van der Waals surface area contributed by atoms with Crippen molar-refractivity contribution in [1.29, 1.82) is 0 Å². The first-order chi connectivity index (χ1) is 36.9. The molecule has 6 heterocycles. The number of carbonyl (C=O) groups excluding carboxylic acids is 4. The average molecular weight is 1080 g/mol. The molecule has 0 radical (unpaired) electrons. The summed E-state index contributed by atoms with van der Waals surface area (Å²) in [5.41, 5.74) is 6.89. The number of benzene rings is 2. The van der Waals surface area contributed by atoms with Crippen molar-refractivity contribution in [2.45, 2.75) is 97.5 Å². The molecule has 410 valence electrons. The Hall–Kier alpha value is -7.34. The number of amides is 4.